The molecule has 1 aliphatic carbocycles. The van der Waals surface area contributed by atoms with E-state index in [-0.39, 0.29) is 18.1 Å². The van der Waals surface area contributed by atoms with Crippen molar-refractivity contribution in [2.75, 3.05) is 33.3 Å². The zero-order valence-corrected chi connectivity index (χ0v) is 19.2. The second-order valence-corrected chi connectivity index (χ2v) is 8.58. The maximum absolute atomic E-state index is 12.8. The van der Waals surface area contributed by atoms with E-state index < -0.39 is 0 Å². The molecular weight excluding hydrogens is 392 g/mol. The van der Waals surface area contributed by atoms with Crippen molar-refractivity contribution >= 4 is 11.9 Å². The van der Waals surface area contributed by atoms with E-state index in [0.717, 1.165) is 56.4 Å². The molecule has 0 aromatic heterocycles. The minimum Gasteiger partial charge on any atom is -0.497 e. The summed E-state index contributed by atoms with van der Waals surface area (Å²) in [5, 5.41) is 6.83. The molecule has 7 heteroatoms. The molecule has 2 atom stereocenters. The third kappa shape index (κ3) is 7.04. The molecule has 2 fully saturated rings. The van der Waals surface area contributed by atoms with Crippen LogP contribution < -0.4 is 20.1 Å². The number of carbonyl (C=O) groups is 1. The van der Waals surface area contributed by atoms with Crippen LogP contribution >= 0.6 is 0 Å². The van der Waals surface area contributed by atoms with Crippen LogP contribution in [0.4, 0.5) is 0 Å². The molecule has 31 heavy (non-hydrogen) atoms. The van der Waals surface area contributed by atoms with E-state index in [1.165, 1.54) is 19.3 Å². The first-order valence-corrected chi connectivity index (χ1v) is 11.7. The van der Waals surface area contributed by atoms with Crippen molar-refractivity contribution in [1.29, 1.82) is 0 Å². The maximum atomic E-state index is 12.8. The van der Waals surface area contributed by atoms with Crippen molar-refractivity contribution in [3.8, 4) is 11.5 Å². The van der Waals surface area contributed by atoms with E-state index in [9.17, 15) is 4.79 Å². The first kappa shape index (κ1) is 23.2. The van der Waals surface area contributed by atoms with Crippen LogP contribution in [-0.4, -0.2) is 62.2 Å². The Bertz CT molecular complexity index is 733. The van der Waals surface area contributed by atoms with Gasteiger partial charge < -0.3 is 25.0 Å². The molecule has 172 valence electrons. The fourth-order valence-corrected chi connectivity index (χ4v) is 4.36. The standard InChI is InChI=1S/C24H38N4O3/c1-4-25-24(26-16-18(2)31-22-12-8-11-21(15-22)30-3)27-20-13-14-28(17-20)23(29)19-9-6-5-7-10-19/h8,11-12,15,18-20H,4-7,9-10,13-14,16-17H2,1-3H3,(H2,25,26,27). The fourth-order valence-electron chi connectivity index (χ4n) is 4.36. The number of methoxy groups -OCH3 is 1. The number of amides is 1. The molecule has 1 aromatic rings. The number of hydrogen-bond donors (Lipinski definition) is 2. The Hall–Kier alpha value is -2.44. The number of aliphatic imine (C=N–C) groups is 1. The summed E-state index contributed by atoms with van der Waals surface area (Å²) in [5.41, 5.74) is 0. The van der Waals surface area contributed by atoms with Gasteiger partial charge in [-0.1, -0.05) is 25.3 Å². The Balaban J connectivity index is 1.49. The van der Waals surface area contributed by atoms with Crippen LogP contribution in [0.2, 0.25) is 0 Å². The molecule has 1 aliphatic heterocycles. The summed E-state index contributed by atoms with van der Waals surface area (Å²) in [5.74, 6) is 2.92. The zero-order chi connectivity index (χ0) is 22.1. The van der Waals surface area contributed by atoms with Crippen LogP contribution in [0.3, 0.4) is 0 Å². The third-order valence-corrected chi connectivity index (χ3v) is 6.02. The molecule has 2 unspecified atom stereocenters. The summed E-state index contributed by atoms with van der Waals surface area (Å²) in [6.07, 6.45) is 6.66. The third-order valence-electron chi connectivity index (χ3n) is 6.02. The summed E-state index contributed by atoms with van der Waals surface area (Å²) in [7, 11) is 1.65. The second kappa shape index (κ2) is 11.8. The Kier molecular flexibility index (Phi) is 8.85. The quantitative estimate of drug-likeness (QED) is 0.489. The van der Waals surface area contributed by atoms with Gasteiger partial charge in [-0.25, -0.2) is 4.99 Å². The molecule has 1 saturated heterocycles. The van der Waals surface area contributed by atoms with E-state index in [1.54, 1.807) is 7.11 Å². The molecule has 3 rings (SSSR count). The number of nitrogens with one attached hydrogen (secondary N) is 2. The van der Waals surface area contributed by atoms with E-state index in [0.29, 0.717) is 12.5 Å². The number of benzene rings is 1. The molecule has 0 bridgehead atoms. The van der Waals surface area contributed by atoms with Gasteiger partial charge in [-0.2, -0.15) is 0 Å². The number of rotatable bonds is 8. The Morgan fingerprint density at radius 3 is 2.74 bits per heavy atom. The number of carbonyl (C=O) groups excluding carboxylic acids is 1. The van der Waals surface area contributed by atoms with Crippen molar-refractivity contribution < 1.29 is 14.3 Å². The number of likely N-dealkylation sites (tertiary alicyclic amines) is 1. The fraction of sp³-hybridized carbons (Fsp3) is 0.667. The molecule has 1 aromatic carbocycles. The summed E-state index contributed by atoms with van der Waals surface area (Å²) >= 11 is 0. The van der Waals surface area contributed by atoms with Gasteiger partial charge in [0.05, 0.1) is 13.7 Å². The van der Waals surface area contributed by atoms with Gasteiger partial charge in [0.2, 0.25) is 5.91 Å². The maximum Gasteiger partial charge on any atom is 0.225 e. The zero-order valence-electron chi connectivity index (χ0n) is 19.2. The molecule has 0 spiro atoms. The smallest absolute Gasteiger partial charge is 0.225 e. The van der Waals surface area contributed by atoms with Crippen molar-refractivity contribution in [1.82, 2.24) is 15.5 Å². The van der Waals surface area contributed by atoms with Gasteiger partial charge in [0.1, 0.15) is 17.6 Å². The molecule has 1 saturated carbocycles. The minimum atomic E-state index is -0.0736. The highest BCUT2D eigenvalue weighted by Gasteiger charge is 2.31. The number of nitrogens with zero attached hydrogens (tertiary/aromatic N) is 2. The molecule has 7 nitrogen and oxygen atoms in total. The van der Waals surface area contributed by atoms with Crippen LogP contribution in [0.1, 0.15) is 52.4 Å². The number of guanidine groups is 1. The van der Waals surface area contributed by atoms with Gasteiger partial charge in [-0.05, 0) is 45.2 Å². The van der Waals surface area contributed by atoms with Crippen LogP contribution in [-0.2, 0) is 4.79 Å². The highest BCUT2D eigenvalue weighted by molar-refractivity contribution is 5.81. The molecule has 2 aliphatic rings. The van der Waals surface area contributed by atoms with Crippen molar-refractivity contribution in [3.63, 3.8) is 0 Å². The van der Waals surface area contributed by atoms with Gasteiger partial charge in [0, 0.05) is 37.7 Å². The monoisotopic (exact) mass is 430 g/mol. The number of hydrogen-bond acceptors (Lipinski definition) is 4. The molecule has 0 radical (unpaired) electrons. The lowest BCUT2D eigenvalue weighted by Crippen LogP contribution is -2.46. The second-order valence-electron chi connectivity index (χ2n) is 8.58. The molecule has 1 amide bonds. The average molecular weight is 431 g/mol. The van der Waals surface area contributed by atoms with Crippen LogP contribution in [0.5, 0.6) is 11.5 Å². The van der Waals surface area contributed by atoms with Crippen molar-refractivity contribution in [2.24, 2.45) is 10.9 Å². The molecular formula is C24H38N4O3. The van der Waals surface area contributed by atoms with Gasteiger partial charge in [0.15, 0.2) is 5.96 Å². The van der Waals surface area contributed by atoms with Gasteiger partial charge >= 0.3 is 0 Å². The van der Waals surface area contributed by atoms with E-state index in [2.05, 4.69) is 17.6 Å². The largest absolute Gasteiger partial charge is 0.497 e. The summed E-state index contributed by atoms with van der Waals surface area (Å²) in [6, 6.07) is 7.84. The lowest BCUT2D eigenvalue weighted by molar-refractivity contribution is -0.135. The first-order valence-electron chi connectivity index (χ1n) is 11.7. The Labute approximate surface area is 186 Å². The van der Waals surface area contributed by atoms with E-state index in [1.807, 2.05) is 36.1 Å². The minimum absolute atomic E-state index is 0.0736. The highest BCUT2D eigenvalue weighted by atomic mass is 16.5. The normalized spacial score (nSPS) is 20.9. The van der Waals surface area contributed by atoms with Crippen LogP contribution in [0.25, 0.3) is 0 Å². The lowest BCUT2D eigenvalue weighted by Gasteiger charge is -2.26. The van der Waals surface area contributed by atoms with Gasteiger partial charge in [-0.15, -0.1) is 0 Å². The lowest BCUT2D eigenvalue weighted by atomic mass is 9.88. The van der Waals surface area contributed by atoms with Gasteiger partial charge in [0.25, 0.3) is 0 Å². The molecule has 2 N–H and O–H groups in total. The Morgan fingerprint density at radius 2 is 2.00 bits per heavy atom. The topological polar surface area (TPSA) is 75.2 Å². The van der Waals surface area contributed by atoms with Crippen LogP contribution in [0.15, 0.2) is 29.3 Å². The highest BCUT2D eigenvalue weighted by Crippen LogP contribution is 2.26. The first-order chi connectivity index (χ1) is 15.1. The summed E-state index contributed by atoms with van der Waals surface area (Å²) < 4.78 is 11.2. The van der Waals surface area contributed by atoms with Crippen molar-refractivity contribution in [2.45, 2.75) is 64.5 Å². The summed E-state index contributed by atoms with van der Waals surface area (Å²) in [6.45, 7) is 6.98. The average Bonchev–Trinajstić information content (AvgIpc) is 3.26. The summed E-state index contributed by atoms with van der Waals surface area (Å²) in [4.78, 5) is 19.6. The van der Waals surface area contributed by atoms with Crippen LogP contribution in [0, 0.1) is 5.92 Å². The predicted octanol–water partition coefficient (Wildman–Crippen LogP) is 3.20. The predicted molar refractivity (Wildman–Crippen MR) is 124 cm³/mol. The Morgan fingerprint density at radius 1 is 1.23 bits per heavy atom. The van der Waals surface area contributed by atoms with Gasteiger partial charge in [-0.3, -0.25) is 4.79 Å². The van der Waals surface area contributed by atoms with E-state index >= 15 is 0 Å². The SMILES string of the molecule is CCNC(=NCC(C)Oc1cccc(OC)c1)NC1CCN(C(=O)C2CCCCC2)C1. The van der Waals surface area contributed by atoms with Crippen molar-refractivity contribution in [3.05, 3.63) is 24.3 Å². The van der Waals surface area contributed by atoms with E-state index in [4.69, 9.17) is 14.5 Å². The number of ether oxygens (including phenoxy) is 2. The molecule has 1 heterocycles.